The van der Waals surface area contributed by atoms with Gasteiger partial charge in [-0.25, -0.2) is 0 Å². The van der Waals surface area contributed by atoms with Gasteiger partial charge >= 0.3 is 0 Å². The minimum atomic E-state index is 0.650. The SMILES string of the molecule is C=COCCNCCOC=C. The molecule has 0 saturated carbocycles. The van der Waals surface area contributed by atoms with Crippen LogP contribution in [0.1, 0.15) is 0 Å². The third kappa shape index (κ3) is 9.04. The Kier molecular flexibility index (Phi) is 8.25. The monoisotopic (exact) mass is 157 g/mol. The standard InChI is InChI=1S/C8H15NO2/c1-3-10-7-5-9-6-8-11-4-2/h3-4,9H,1-2,5-8H2. The van der Waals surface area contributed by atoms with Crippen LogP contribution in [-0.2, 0) is 9.47 Å². The number of ether oxygens (including phenoxy) is 2. The van der Waals surface area contributed by atoms with Gasteiger partial charge in [0.15, 0.2) is 0 Å². The second-order valence-corrected chi connectivity index (χ2v) is 1.82. The summed E-state index contributed by atoms with van der Waals surface area (Å²) in [4.78, 5) is 0. The van der Waals surface area contributed by atoms with Crippen LogP contribution in [0.5, 0.6) is 0 Å². The summed E-state index contributed by atoms with van der Waals surface area (Å²) in [5.74, 6) is 0. The largest absolute Gasteiger partial charge is 0.500 e. The minimum absolute atomic E-state index is 0.650. The predicted octanol–water partition coefficient (Wildman–Crippen LogP) is 0.896. The smallest absolute Gasteiger partial charge is 0.0997 e. The average Bonchev–Trinajstić information content (AvgIpc) is 2.03. The Morgan fingerprint density at radius 1 is 1.00 bits per heavy atom. The van der Waals surface area contributed by atoms with E-state index in [0.29, 0.717) is 13.2 Å². The molecule has 0 atom stereocenters. The van der Waals surface area contributed by atoms with E-state index in [0.717, 1.165) is 13.1 Å². The van der Waals surface area contributed by atoms with E-state index in [1.54, 1.807) is 0 Å². The Balaban J connectivity index is 2.79. The topological polar surface area (TPSA) is 30.5 Å². The molecule has 3 nitrogen and oxygen atoms in total. The zero-order valence-corrected chi connectivity index (χ0v) is 6.71. The molecule has 11 heavy (non-hydrogen) atoms. The molecule has 0 bridgehead atoms. The van der Waals surface area contributed by atoms with Gasteiger partial charge in [-0.1, -0.05) is 13.2 Å². The molecule has 0 aliphatic heterocycles. The molecule has 0 spiro atoms. The molecule has 0 rings (SSSR count). The van der Waals surface area contributed by atoms with Crippen molar-refractivity contribution in [1.82, 2.24) is 5.32 Å². The molecule has 3 heteroatoms. The minimum Gasteiger partial charge on any atom is -0.500 e. The van der Waals surface area contributed by atoms with Crippen molar-refractivity contribution in [3.8, 4) is 0 Å². The summed E-state index contributed by atoms with van der Waals surface area (Å²) in [6.07, 6.45) is 2.86. The molecule has 0 saturated heterocycles. The molecule has 0 aromatic heterocycles. The van der Waals surface area contributed by atoms with Crippen LogP contribution in [0, 0.1) is 0 Å². The van der Waals surface area contributed by atoms with E-state index in [2.05, 4.69) is 18.5 Å². The fourth-order valence-corrected chi connectivity index (χ4v) is 0.554. The molecular weight excluding hydrogens is 142 g/mol. The van der Waals surface area contributed by atoms with Crippen molar-refractivity contribution in [2.45, 2.75) is 0 Å². The molecule has 0 radical (unpaired) electrons. The van der Waals surface area contributed by atoms with Crippen LogP contribution in [0.25, 0.3) is 0 Å². The molecule has 0 aromatic rings. The molecule has 1 N–H and O–H groups in total. The van der Waals surface area contributed by atoms with Gasteiger partial charge in [0.1, 0.15) is 0 Å². The first-order chi connectivity index (χ1) is 5.41. The average molecular weight is 157 g/mol. The van der Waals surface area contributed by atoms with Gasteiger partial charge in [0, 0.05) is 13.1 Å². The highest BCUT2D eigenvalue weighted by molar-refractivity contribution is 4.53. The Hall–Kier alpha value is -0.960. The zero-order valence-electron chi connectivity index (χ0n) is 6.71. The van der Waals surface area contributed by atoms with Crippen molar-refractivity contribution in [3.63, 3.8) is 0 Å². The van der Waals surface area contributed by atoms with Crippen LogP contribution >= 0.6 is 0 Å². The lowest BCUT2D eigenvalue weighted by molar-refractivity contribution is 0.228. The predicted molar refractivity (Wildman–Crippen MR) is 45.2 cm³/mol. The van der Waals surface area contributed by atoms with Crippen molar-refractivity contribution in [1.29, 1.82) is 0 Å². The first-order valence-electron chi connectivity index (χ1n) is 3.57. The molecule has 0 fully saturated rings. The van der Waals surface area contributed by atoms with Crippen LogP contribution in [0.4, 0.5) is 0 Å². The summed E-state index contributed by atoms with van der Waals surface area (Å²) in [5, 5.41) is 3.11. The Morgan fingerprint density at radius 3 is 1.82 bits per heavy atom. The van der Waals surface area contributed by atoms with Gasteiger partial charge in [0.05, 0.1) is 25.7 Å². The van der Waals surface area contributed by atoms with E-state index in [1.165, 1.54) is 12.5 Å². The highest BCUT2D eigenvalue weighted by atomic mass is 16.5. The molecule has 0 aliphatic carbocycles. The van der Waals surface area contributed by atoms with Crippen LogP contribution in [0.3, 0.4) is 0 Å². The number of hydrogen-bond donors (Lipinski definition) is 1. The first-order valence-corrected chi connectivity index (χ1v) is 3.57. The molecule has 0 unspecified atom stereocenters. The maximum atomic E-state index is 4.88. The summed E-state index contributed by atoms with van der Waals surface area (Å²) < 4.78 is 9.76. The van der Waals surface area contributed by atoms with Crippen LogP contribution in [0.2, 0.25) is 0 Å². The lowest BCUT2D eigenvalue weighted by Gasteiger charge is -2.03. The van der Waals surface area contributed by atoms with E-state index < -0.39 is 0 Å². The number of nitrogens with one attached hydrogen (secondary N) is 1. The molecule has 0 heterocycles. The normalized spacial score (nSPS) is 8.73. The summed E-state index contributed by atoms with van der Waals surface area (Å²) in [7, 11) is 0. The summed E-state index contributed by atoms with van der Waals surface area (Å²) >= 11 is 0. The molecule has 0 amide bonds. The van der Waals surface area contributed by atoms with Gasteiger partial charge in [0.25, 0.3) is 0 Å². The highest BCUT2D eigenvalue weighted by Gasteiger charge is 1.84. The van der Waals surface area contributed by atoms with Crippen molar-refractivity contribution < 1.29 is 9.47 Å². The van der Waals surface area contributed by atoms with Gasteiger partial charge in [-0.15, -0.1) is 0 Å². The zero-order chi connectivity index (χ0) is 8.36. The van der Waals surface area contributed by atoms with Crippen LogP contribution < -0.4 is 5.32 Å². The molecule has 0 aliphatic rings. The van der Waals surface area contributed by atoms with E-state index in [-0.39, 0.29) is 0 Å². The van der Waals surface area contributed by atoms with Crippen LogP contribution in [0.15, 0.2) is 25.7 Å². The summed E-state index contributed by atoms with van der Waals surface area (Å²) in [6, 6.07) is 0. The molecule has 0 aromatic carbocycles. The van der Waals surface area contributed by atoms with E-state index in [4.69, 9.17) is 9.47 Å². The third-order valence-electron chi connectivity index (χ3n) is 1.03. The van der Waals surface area contributed by atoms with E-state index >= 15 is 0 Å². The lowest BCUT2D eigenvalue weighted by Crippen LogP contribution is -2.22. The fraction of sp³-hybridized carbons (Fsp3) is 0.500. The van der Waals surface area contributed by atoms with Crippen molar-refractivity contribution in [2.75, 3.05) is 26.3 Å². The van der Waals surface area contributed by atoms with Gasteiger partial charge in [-0.2, -0.15) is 0 Å². The van der Waals surface area contributed by atoms with E-state index in [9.17, 15) is 0 Å². The fourth-order valence-electron chi connectivity index (χ4n) is 0.554. The van der Waals surface area contributed by atoms with Gasteiger partial charge in [-0.05, 0) is 0 Å². The summed E-state index contributed by atoms with van der Waals surface area (Å²) in [5.41, 5.74) is 0. The lowest BCUT2D eigenvalue weighted by atomic mass is 10.6. The highest BCUT2D eigenvalue weighted by Crippen LogP contribution is 1.73. The first kappa shape index (κ1) is 10.0. The van der Waals surface area contributed by atoms with Gasteiger partial charge in [0.2, 0.25) is 0 Å². The maximum absolute atomic E-state index is 4.88. The second-order valence-electron chi connectivity index (χ2n) is 1.82. The molecule has 64 valence electrons. The third-order valence-corrected chi connectivity index (χ3v) is 1.03. The van der Waals surface area contributed by atoms with Crippen molar-refractivity contribution >= 4 is 0 Å². The van der Waals surface area contributed by atoms with Gasteiger partial charge in [-0.3, -0.25) is 0 Å². The quantitative estimate of drug-likeness (QED) is 0.419. The Bertz CT molecular complexity index is 92.3. The number of hydrogen-bond acceptors (Lipinski definition) is 3. The van der Waals surface area contributed by atoms with E-state index in [1.807, 2.05) is 0 Å². The second kappa shape index (κ2) is 9.04. The number of rotatable bonds is 8. The van der Waals surface area contributed by atoms with Crippen LogP contribution in [-0.4, -0.2) is 26.3 Å². The molecular formula is C8H15NO2. The summed E-state index contributed by atoms with van der Waals surface area (Å²) in [6.45, 7) is 9.76. The van der Waals surface area contributed by atoms with Crippen molar-refractivity contribution in [2.24, 2.45) is 0 Å². The van der Waals surface area contributed by atoms with Crippen molar-refractivity contribution in [3.05, 3.63) is 25.7 Å². The van der Waals surface area contributed by atoms with Gasteiger partial charge < -0.3 is 14.8 Å². The Labute approximate surface area is 67.7 Å². The maximum Gasteiger partial charge on any atom is 0.0997 e. The Morgan fingerprint density at radius 2 is 1.45 bits per heavy atom.